The van der Waals surface area contributed by atoms with Crippen LogP contribution in [0.4, 0.5) is 5.69 Å². The number of aromatic hydroxyl groups is 4. The third-order valence-corrected chi connectivity index (χ3v) is 11.2. The van der Waals surface area contributed by atoms with Crippen LogP contribution in [-0.4, -0.2) is 38.8 Å². The maximum atomic E-state index is 11.9. The summed E-state index contributed by atoms with van der Waals surface area (Å²) in [6.45, 7) is 5.56. The van der Waals surface area contributed by atoms with Gasteiger partial charge in [-0.25, -0.2) is 0 Å². The van der Waals surface area contributed by atoms with Crippen LogP contribution < -0.4 is 5.32 Å². The minimum Gasteiger partial charge on any atom is -0.504 e. The molecule has 8 nitrogen and oxygen atoms in total. The minimum absolute atomic E-state index is 0.143. The van der Waals surface area contributed by atoms with Crippen molar-refractivity contribution in [1.29, 1.82) is 0 Å². The van der Waals surface area contributed by atoms with E-state index in [2.05, 4.69) is 58.0 Å². The molecule has 9 heteroatoms. The molecule has 1 unspecified atom stereocenters. The second-order valence-corrected chi connectivity index (χ2v) is 13.3. The summed E-state index contributed by atoms with van der Waals surface area (Å²) in [4.78, 5) is 5.19. The van der Waals surface area contributed by atoms with E-state index in [0.717, 1.165) is 64.6 Å². The van der Waals surface area contributed by atoms with E-state index in [4.69, 9.17) is 4.42 Å². The van der Waals surface area contributed by atoms with Crippen LogP contribution >= 0.6 is 11.3 Å². The molecule has 9 rings (SSSR count). The van der Waals surface area contributed by atoms with Gasteiger partial charge in [0, 0.05) is 42.6 Å². The van der Waals surface area contributed by atoms with Crippen LogP contribution in [0.3, 0.4) is 0 Å². The number of furan rings is 1. The van der Waals surface area contributed by atoms with Crippen molar-refractivity contribution in [2.24, 2.45) is 4.99 Å². The average Bonchev–Trinajstić information content (AvgIpc) is 3.81. The number of nitrogens with one attached hydrogen (secondary N) is 1. The van der Waals surface area contributed by atoms with Gasteiger partial charge in [-0.2, -0.15) is 0 Å². The third kappa shape index (κ3) is 3.68. The molecule has 49 heavy (non-hydrogen) atoms. The van der Waals surface area contributed by atoms with Gasteiger partial charge in [0.1, 0.15) is 11.2 Å². The van der Waals surface area contributed by atoms with Gasteiger partial charge in [-0.1, -0.05) is 60.7 Å². The average molecular weight is 664 g/mol. The molecule has 0 fully saturated rings. The zero-order valence-corrected chi connectivity index (χ0v) is 27.3. The van der Waals surface area contributed by atoms with Crippen LogP contribution in [0.1, 0.15) is 16.0 Å². The minimum atomic E-state index is -1.52. The number of hydrogen-bond donors (Lipinski definition) is 5. The number of benzene rings is 6. The second kappa shape index (κ2) is 10.2. The van der Waals surface area contributed by atoms with Gasteiger partial charge in [-0.3, -0.25) is 10.3 Å². The number of rotatable bonds is 5. The van der Waals surface area contributed by atoms with Gasteiger partial charge in [0.25, 0.3) is 0 Å². The van der Waals surface area contributed by atoms with Gasteiger partial charge in [0.15, 0.2) is 17.2 Å². The summed E-state index contributed by atoms with van der Waals surface area (Å²) in [6, 6.07) is 32.2. The lowest BCUT2D eigenvalue weighted by atomic mass is 9.88. The fourth-order valence-electron chi connectivity index (χ4n) is 7.70. The Bertz CT molecular complexity index is 2840. The molecule has 5 N–H and O–H groups in total. The Morgan fingerprint density at radius 2 is 1.41 bits per heavy atom. The van der Waals surface area contributed by atoms with E-state index < -0.39 is 28.7 Å². The number of thiophene rings is 1. The number of phenolic OH excluding ortho intramolecular Hbond substituents is 4. The van der Waals surface area contributed by atoms with Crippen LogP contribution in [0.15, 0.2) is 106 Å². The molecule has 0 aliphatic carbocycles. The molecule has 0 radical (unpaired) electrons. The first-order chi connectivity index (χ1) is 23.8. The summed E-state index contributed by atoms with van der Waals surface area (Å²) in [5.41, 5.74) is 2.50. The van der Waals surface area contributed by atoms with Crippen LogP contribution in [0, 0.1) is 6.92 Å². The maximum Gasteiger partial charge on any atom is 0.204 e. The molecule has 3 aromatic heterocycles. The first-order valence-electron chi connectivity index (χ1n) is 15.7. The largest absolute Gasteiger partial charge is 0.504 e. The van der Waals surface area contributed by atoms with E-state index in [9.17, 15) is 20.4 Å². The molecule has 0 saturated carbocycles. The van der Waals surface area contributed by atoms with Crippen molar-refractivity contribution in [3.63, 3.8) is 0 Å². The standard InChI is InChI=1S/C40H29N3O5S/c1-20-32(35(45)37(47)36(46)34(20)44)40(42-3,39-33(41-2)25-12-6-9-15-31(25)49-39)43-28-13-7-4-10-22(28)27-18-21-16-17-24-23-11-5-8-14-30(23)48-38(24)26(21)19-29(27)43/h4-19,42,44-47H,2H2,1,3H3. The summed E-state index contributed by atoms with van der Waals surface area (Å²) in [6.07, 6.45) is 0. The molecule has 0 spiro atoms. The van der Waals surface area contributed by atoms with Gasteiger partial charge in [-0.05, 0) is 62.5 Å². The van der Waals surface area contributed by atoms with Gasteiger partial charge < -0.3 is 29.4 Å². The lowest BCUT2D eigenvalue weighted by Crippen LogP contribution is -2.47. The highest BCUT2D eigenvalue weighted by Crippen LogP contribution is 2.57. The molecule has 1 atom stereocenters. The van der Waals surface area contributed by atoms with Crippen molar-refractivity contribution in [3.8, 4) is 23.0 Å². The second-order valence-electron chi connectivity index (χ2n) is 12.3. The first kappa shape index (κ1) is 29.1. The van der Waals surface area contributed by atoms with E-state index >= 15 is 0 Å². The Balaban J connectivity index is 1.54. The normalized spacial score (nSPS) is 13.3. The Morgan fingerprint density at radius 1 is 0.714 bits per heavy atom. The predicted molar refractivity (Wildman–Crippen MR) is 198 cm³/mol. The number of nitrogens with zero attached hydrogens (tertiary/aromatic N) is 2. The summed E-state index contributed by atoms with van der Waals surface area (Å²) < 4.78 is 9.50. The smallest absolute Gasteiger partial charge is 0.204 e. The molecule has 0 amide bonds. The van der Waals surface area contributed by atoms with E-state index in [-0.39, 0.29) is 11.1 Å². The van der Waals surface area contributed by atoms with Gasteiger partial charge >= 0.3 is 0 Å². The lowest BCUT2D eigenvalue weighted by molar-refractivity contribution is 0.321. The van der Waals surface area contributed by atoms with Crippen molar-refractivity contribution in [2.45, 2.75) is 12.6 Å². The van der Waals surface area contributed by atoms with Crippen LogP contribution in [-0.2, 0) is 5.66 Å². The summed E-state index contributed by atoms with van der Waals surface area (Å²) in [7, 11) is 1.76. The summed E-state index contributed by atoms with van der Waals surface area (Å²) >= 11 is 1.46. The molecular formula is C40H29N3O5S. The van der Waals surface area contributed by atoms with E-state index in [1.807, 2.05) is 60.7 Å². The molecule has 0 aliphatic rings. The number of hydrogen-bond acceptors (Lipinski definition) is 8. The van der Waals surface area contributed by atoms with E-state index in [1.54, 1.807) is 14.0 Å². The highest BCUT2D eigenvalue weighted by molar-refractivity contribution is 7.20. The third-order valence-electron chi connectivity index (χ3n) is 9.91. The topological polar surface area (TPSA) is 123 Å². The highest BCUT2D eigenvalue weighted by Gasteiger charge is 2.46. The fraction of sp³-hybridized carbons (Fsp3) is 0.0750. The first-order valence-corrected chi connectivity index (χ1v) is 16.5. The summed E-state index contributed by atoms with van der Waals surface area (Å²) in [5.74, 6) is -2.76. The van der Waals surface area contributed by atoms with E-state index in [1.165, 1.54) is 11.3 Å². The van der Waals surface area contributed by atoms with Crippen LogP contribution in [0.2, 0.25) is 0 Å². The molecule has 0 aliphatic heterocycles. The molecular weight excluding hydrogens is 635 g/mol. The monoisotopic (exact) mass is 663 g/mol. The lowest BCUT2D eigenvalue weighted by Gasteiger charge is -2.38. The maximum absolute atomic E-state index is 11.9. The van der Waals surface area contributed by atoms with Crippen molar-refractivity contribution < 1.29 is 24.8 Å². The van der Waals surface area contributed by atoms with Gasteiger partial charge in [-0.15, -0.1) is 11.3 Å². The van der Waals surface area contributed by atoms with Crippen molar-refractivity contribution in [3.05, 3.63) is 113 Å². The van der Waals surface area contributed by atoms with Crippen LogP contribution in [0.5, 0.6) is 23.0 Å². The molecule has 0 bridgehead atoms. The molecule has 3 heterocycles. The quantitative estimate of drug-likeness (QED) is 0.0710. The Hall–Kier alpha value is -6.03. The molecule has 240 valence electrons. The Morgan fingerprint density at radius 3 is 2.18 bits per heavy atom. The van der Waals surface area contributed by atoms with Crippen molar-refractivity contribution in [1.82, 2.24) is 9.88 Å². The molecule has 6 aromatic carbocycles. The number of phenols is 4. The zero-order chi connectivity index (χ0) is 33.8. The fourth-order valence-corrected chi connectivity index (χ4v) is 9.06. The van der Waals surface area contributed by atoms with Crippen molar-refractivity contribution in [2.75, 3.05) is 7.05 Å². The van der Waals surface area contributed by atoms with Crippen LogP contribution in [0.25, 0.3) is 64.6 Å². The van der Waals surface area contributed by atoms with Gasteiger partial charge in [0.2, 0.25) is 11.5 Å². The summed E-state index contributed by atoms with van der Waals surface area (Å²) in [5, 5.41) is 55.0. The SMILES string of the molecule is C=Nc1c(C(NC)(c2c(C)c(O)c(O)c(O)c2O)n2c3ccccc3c3cc4ccc5c6ccccc6oc5c4cc32)sc2ccccc12. The van der Waals surface area contributed by atoms with Gasteiger partial charge in [0.05, 0.1) is 27.2 Å². The number of aromatic nitrogens is 1. The number of aliphatic imine (C=N–C) groups is 1. The Labute approximate surface area is 283 Å². The number of para-hydroxylation sites is 2. The highest BCUT2D eigenvalue weighted by atomic mass is 32.1. The molecule has 0 saturated heterocycles. The van der Waals surface area contributed by atoms with E-state index in [0.29, 0.717) is 10.6 Å². The van der Waals surface area contributed by atoms with Crippen molar-refractivity contribution >= 4 is 88.3 Å². The zero-order valence-electron chi connectivity index (χ0n) is 26.4. The predicted octanol–water partition coefficient (Wildman–Crippen LogP) is 9.49. The number of fused-ring (bicyclic) bond motifs is 9. The Kier molecular flexibility index (Phi) is 6.08. The molecule has 9 aromatic rings.